The first-order valence-corrected chi connectivity index (χ1v) is 5.70. The summed E-state index contributed by atoms with van der Waals surface area (Å²) in [6.45, 7) is 2.19. The molecule has 0 aromatic heterocycles. The highest BCUT2D eigenvalue weighted by atomic mass is 16.6. The summed E-state index contributed by atoms with van der Waals surface area (Å²) in [5.74, 6) is -0.870. The Morgan fingerprint density at radius 3 is 2.56 bits per heavy atom. The van der Waals surface area contributed by atoms with Gasteiger partial charge in [-0.2, -0.15) is 0 Å². The summed E-state index contributed by atoms with van der Waals surface area (Å²) in [4.78, 5) is 20.6. The minimum absolute atomic E-state index is 0.0800. The molecule has 0 heterocycles. The Balaban J connectivity index is 2.31. The Morgan fingerprint density at radius 2 is 2.06 bits per heavy atom. The first-order valence-electron chi connectivity index (χ1n) is 5.70. The monoisotopic (exact) mass is 252 g/mol. The second-order valence-electron chi connectivity index (χ2n) is 4.04. The number of carboxylic acids is 1. The number of rotatable bonds is 7. The van der Waals surface area contributed by atoms with Crippen molar-refractivity contribution in [2.24, 2.45) is 0 Å². The van der Waals surface area contributed by atoms with E-state index in [9.17, 15) is 14.9 Å². The van der Waals surface area contributed by atoms with Crippen molar-refractivity contribution < 1.29 is 14.8 Å². The van der Waals surface area contributed by atoms with Gasteiger partial charge in [0.05, 0.1) is 4.92 Å². The van der Waals surface area contributed by atoms with E-state index in [0.717, 1.165) is 18.4 Å². The van der Waals surface area contributed by atoms with Crippen molar-refractivity contribution in [1.29, 1.82) is 0 Å². The van der Waals surface area contributed by atoms with E-state index in [4.69, 9.17) is 5.11 Å². The summed E-state index contributed by atoms with van der Waals surface area (Å²) in [5, 5.41) is 22.0. The Morgan fingerprint density at radius 1 is 1.44 bits per heavy atom. The lowest BCUT2D eigenvalue weighted by molar-refractivity contribution is -0.384. The maximum Gasteiger partial charge on any atom is 0.320 e. The minimum Gasteiger partial charge on any atom is -0.480 e. The highest BCUT2D eigenvalue weighted by Gasteiger charge is 2.08. The van der Waals surface area contributed by atoms with E-state index in [2.05, 4.69) is 5.32 Å². The first kappa shape index (κ1) is 14.1. The zero-order valence-electron chi connectivity index (χ0n) is 10.1. The summed E-state index contributed by atoms with van der Waals surface area (Å²) >= 11 is 0. The number of aliphatic carboxylic acids is 1. The van der Waals surface area contributed by atoms with E-state index in [1.54, 1.807) is 19.1 Å². The summed E-state index contributed by atoms with van der Waals surface area (Å²) < 4.78 is 0. The summed E-state index contributed by atoms with van der Waals surface area (Å²) in [6, 6.07) is 5.84. The summed E-state index contributed by atoms with van der Waals surface area (Å²) in [5.41, 5.74) is 1.08. The van der Waals surface area contributed by atoms with E-state index >= 15 is 0 Å². The molecule has 0 saturated heterocycles. The molecule has 0 bridgehead atoms. The van der Waals surface area contributed by atoms with Crippen molar-refractivity contribution in [2.45, 2.75) is 25.8 Å². The van der Waals surface area contributed by atoms with Crippen LogP contribution in [0.3, 0.4) is 0 Å². The SMILES string of the molecule is C[C@H](NCCCc1ccc([N+](=O)[O-])cc1)C(=O)O. The quantitative estimate of drug-likeness (QED) is 0.436. The molecule has 1 aromatic rings. The van der Waals surface area contributed by atoms with Gasteiger partial charge >= 0.3 is 5.97 Å². The van der Waals surface area contributed by atoms with E-state index in [1.807, 2.05) is 0 Å². The lowest BCUT2D eigenvalue weighted by Crippen LogP contribution is -2.34. The van der Waals surface area contributed by atoms with Crippen molar-refractivity contribution in [1.82, 2.24) is 5.32 Å². The number of carboxylic acid groups (broad SMARTS) is 1. The number of nitrogens with zero attached hydrogens (tertiary/aromatic N) is 1. The minimum atomic E-state index is -0.870. The molecule has 0 spiro atoms. The normalized spacial score (nSPS) is 12.1. The Labute approximate surface area is 105 Å². The fourth-order valence-electron chi connectivity index (χ4n) is 1.48. The van der Waals surface area contributed by atoms with Gasteiger partial charge in [-0.3, -0.25) is 14.9 Å². The van der Waals surface area contributed by atoms with Gasteiger partial charge in [-0.25, -0.2) is 0 Å². The van der Waals surface area contributed by atoms with Gasteiger partial charge in [-0.1, -0.05) is 12.1 Å². The molecule has 0 aliphatic carbocycles. The molecule has 1 atom stereocenters. The van der Waals surface area contributed by atoms with Gasteiger partial charge in [0.2, 0.25) is 0 Å². The summed E-state index contributed by atoms with van der Waals surface area (Å²) in [6.07, 6.45) is 1.55. The Bertz CT molecular complexity index is 417. The molecule has 2 N–H and O–H groups in total. The van der Waals surface area contributed by atoms with E-state index in [0.29, 0.717) is 6.54 Å². The second kappa shape index (κ2) is 6.70. The maximum absolute atomic E-state index is 10.5. The number of benzene rings is 1. The van der Waals surface area contributed by atoms with Crippen molar-refractivity contribution in [3.05, 3.63) is 39.9 Å². The van der Waals surface area contributed by atoms with Crippen LogP contribution in [-0.4, -0.2) is 28.6 Å². The number of hydrogen-bond donors (Lipinski definition) is 2. The number of nitro benzene ring substituents is 1. The molecule has 6 heteroatoms. The molecule has 0 amide bonds. The molecular formula is C12H16N2O4. The number of hydrogen-bond acceptors (Lipinski definition) is 4. The van der Waals surface area contributed by atoms with Gasteiger partial charge in [-0.05, 0) is 31.9 Å². The number of nitro groups is 1. The predicted octanol–water partition coefficient (Wildman–Crippen LogP) is 1.59. The van der Waals surface area contributed by atoms with Crippen LogP contribution >= 0.6 is 0 Å². The highest BCUT2D eigenvalue weighted by molar-refractivity contribution is 5.72. The van der Waals surface area contributed by atoms with Crippen molar-refractivity contribution in [2.75, 3.05) is 6.54 Å². The topological polar surface area (TPSA) is 92.5 Å². The van der Waals surface area contributed by atoms with Gasteiger partial charge < -0.3 is 10.4 Å². The average molecular weight is 252 g/mol. The Kier molecular flexibility index (Phi) is 5.26. The molecule has 6 nitrogen and oxygen atoms in total. The van der Waals surface area contributed by atoms with Crippen LogP contribution in [0.15, 0.2) is 24.3 Å². The van der Waals surface area contributed by atoms with E-state index in [1.165, 1.54) is 12.1 Å². The maximum atomic E-state index is 10.5. The molecule has 0 fully saturated rings. The van der Waals surface area contributed by atoms with Gasteiger partial charge in [-0.15, -0.1) is 0 Å². The van der Waals surface area contributed by atoms with Gasteiger partial charge in [0.15, 0.2) is 0 Å². The predicted molar refractivity (Wildman–Crippen MR) is 66.5 cm³/mol. The highest BCUT2D eigenvalue weighted by Crippen LogP contribution is 2.12. The van der Waals surface area contributed by atoms with Gasteiger partial charge in [0, 0.05) is 12.1 Å². The number of aryl methyl sites for hydroxylation is 1. The van der Waals surface area contributed by atoms with Crippen molar-refractivity contribution in [3.8, 4) is 0 Å². The second-order valence-corrected chi connectivity index (χ2v) is 4.04. The Hall–Kier alpha value is -1.95. The third-order valence-corrected chi connectivity index (χ3v) is 2.61. The average Bonchev–Trinajstić information content (AvgIpc) is 2.34. The fraction of sp³-hybridized carbons (Fsp3) is 0.417. The molecule has 0 radical (unpaired) electrons. The zero-order chi connectivity index (χ0) is 13.5. The lowest BCUT2D eigenvalue weighted by atomic mass is 10.1. The van der Waals surface area contributed by atoms with Gasteiger partial charge in [0.25, 0.3) is 5.69 Å². The van der Waals surface area contributed by atoms with Crippen LogP contribution < -0.4 is 5.32 Å². The van der Waals surface area contributed by atoms with Crippen LogP contribution in [0.1, 0.15) is 18.9 Å². The van der Waals surface area contributed by atoms with Crippen LogP contribution in [0.5, 0.6) is 0 Å². The van der Waals surface area contributed by atoms with E-state index < -0.39 is 16.9 Å². The molecule has 0 unspecified atom stereocenters. The molecule has 98 valence electrons. The summed E-state index contributed by atoms with van der Waals surface area (Å²) in [7, 11) is 0. The third kappa shape index (κ3) is 4.50. The zero-order valence-corrected chi connectivity index (χ0v) is 10.1. The molecule has 18 heavy (non-hydrogen) atoms. The molecule has 1 rings (SSSR count). The van der Waals surface area contributed by atoms with E-state index in [-0.39, 0.29) is 5.69 Å². The first-order chi connectivity index (χ1) is 8.50. The molecular weight excluding hydrogens is 236 g/mol. The number of nitrogens with one attached hydrogen (secondary N) is 1. The van der Waals surface area contributed by atoms with Gasteiger partial charge in [0.1, 0.15) is 6.04 Å². The third-order valence-electron chi connectivity index (χ3n) is 2.61. The molecule has 0 aliphatic rings. The van der Waals surface area contributed by atoms with Crippen molar-refractivity contribution >= 4 is 11.7 Å². The van der Waals surface area contributed by atoms with Crippen molar-refractivity contribution in [3.63, 3.8) is 0 Å². The van der Waals surface area contributed by atoms with Crippen LogP contribution in [0, 0.1) is 10.1 Å². The van der Waals surface area contributed by atoms with Crippen LogP contribution in [-0.2, 0) is 11.2 Å². The molecule has 0 saturated carbocycles. The molecule has 0 aliphatic heterocycles. The van der Waals surface area contributed by atoms with Crippen LogP contribution in [0.4, 0.5) is 5.69 Å². The fourth-order valence-corrected chi connectivity index (χ4v) is 1.48. The number of non-ortho nitro benzene ring substituents is 1. The number of carbonyl (C=O) groups is 1. The van der Waals surface area contributed by atoms with Crippen LogP contribution in [0.2, 0.25) is 0 Å². The molecule has 1 aromatic carbocycles. The largest absolute Gasteiger partial charge is 0.480 e. The lowest BCUT2D eigenvalue weighted by Gasteiger charge is -2.08. The van der Waals surface area contributed by atoms with Crippen LogP contribution in [0.25, 0.3) is 0 Å². The smallest absolute Gasteiger partial charge is 0.320 e. The standard InChI is InChI=1S/C12H16N2O4/c1-9(12(15)16)13-8-2-3-10-4-6-11(7-5-10)14(17)18/h4-7,9,13H,2-3,8H2,1H3,(H,15,16)/t9-/m0/s1.